The highest BCUT2D eigenvalue weighted by molar-refractivity contribution is 6.31. The van der Waals surface area contributed by atoms with E-state index in [4.69, 9.17) is 11.6 Å². The number of carbonyl (C=O) groups excluding carboxylic acids is 2. The molecule has 3 nitrogen and oxygen atoms in total. The third-order valence-electron chi connectivity index (χ3n) is 2.45. The number of carbonyl (C=O) groups is 2. The molecule has 16 heavy (non-hydrogen) atoms. The summed E-state index contributed by atoms with van der Waals surface area (Å²) in [7, 11) is 0. The van der Waals surface area contributed by atoms with Crippen LogP contribution in [0.1, 0.15) is 24.3 Å². The molecule has 84 valence electrons. The van der Waals surface area contributed by atoms with Gasteiger partial charge in [0.2, 0.25) is 0 Å². The van der Waals surface area contributed by atoms with Crippen LogP contribution in [-0.2, 0) is 14.3 Å². The van der Waals surface area contributed by atoms with Gasteiger partial charge in [-0.05, 0) is 23.8 Å². The minimum Gasteiger partial charge on any atom is -0.393 e. The molecular formula is C11H8ClFO3. The first-order valence-corrected chi connectivity index (χ1v) is 5.12. The fourth-order valence-corrected chi connectivity index (χ4v) is 2.00. The van der Waals surface area contributed by atoms with Crippen LogP contribution in [0, 0.1) is 5.82 Å². The van der Waals surface area contributed by atoms with Crippen LogP contribution in [0.4, 0.5) is 4.39 Å². The molecule has 0 aliphatic carbocycles. The number of hydrogen-bond acceptors (Lipinski definition) is 3. The van der Waals surface area contributed by atoms with E-state index in [2.05, 4.69) is 4.74 Å². The van der Waals surface area contributed by atoms with Gasteiger partial charge in [-0.15, -0.1) is 0 Å². The predicted octanol–water partition coefficient (Wildman–Crippen LogP) is 2.43. The van der Waals surface area contributed by atoms with Crippen LogP contribution in [0.15, 0.2) is 18.2 Å². The molecule has 1 fully saturated rings. The molecule has 0 atom stereocenters. The minimum absolute atomic E-state index is 0.0505. The Morgan fingerprint density at radius 3 is 2.50 bits per heavy atom. The molecule has 0 N–H and O–H groups in total. The third-order valence-corrected chi connectivity index (χ3v) is 2.80. The van der Waals surface area contributed by atoms with E-state index < -0.39 is 23.7 Å². The summed E-state index contributed by atoms with van der Waals surface area (Å²) in [5, 5.41) is 0.355. The van der Waals surface area contributed by atoms with Gasteiger partial charge >= 0.3 is 11.9 Å². The first-order chi connectivity index (χ1) is 7.56. The van der Waals surface area contributed by atoms with E-state index in [0.717, 1.165) is 0 Å². The molecule has 0 aromatic heterocycles. The number of esters is 2. The van der Waals surface area contributed by atoms with Gasteiger partial charge in [0, 0.05) is 10.9 Å². The van der Waals surface area contributed by atoms with Crippen molar-refractivity contribution in [3.63, 3.8) is 0 Å². The van der Waals surface area contributed by atoms with Gasteiger partial charge in [0.05, 0.1) is 12.8 Å². The van der Waals surface area contributed by atoms with E-state index >= 15 is 0 Å². The second kappa shape index (κ2) is 4.22. The lowest BCUT2D eigenvalue weighted by atomic mass is 9.91. The standard InChI is InChI=1S/C11H8ClFO3/c12-9-2-1-7(13)5-8(9)6-3-10(14)16-11(15)4-6/h1-2,5-6H,3-4H2. The highest BCUT2D eigenvalue weighted by Gasteiger charge is 2.29. The van der Waals surface area contributed by atoms with Crippen LogP contribution in [-0.4, -0.2) is 11.9 Å². The SMILES string of the molecule is O=C1CC(c2cc(F)ccc2Cl)CC(=O)O1. The van der Waals surface area contributed by atoms with Gasteiger partial charge in [0.1, 0.15) is 5.82 Å². The van der Waals surface area contributed by atoms with Crippen molar-refractivity contribution in [2.24, 2.45) is 0 Å². The Balaban J connectivity index is 2.32. The van der Waals surface area contributed by atoms with Crippen LogP contribution in [0.3, 0.4) is 0 Å². The number of hydrogen-bond donors (Lipinski definition) is 0. The van der Waals surface area contributed by atoms with E-state index in [0.29, 0.717) is 10.6 Å². The predicted molar refractivity (Wildman–Crippen MR) is 54.5 cm³/mol. The lowest BCUT2D eigenvalue weighted by Crippen LogP contribution is -2.24. The van der Waals surface area contributed by atoms with Gasteiger partial charge in [-0.1, -0.05) is 11.6 Å². The zero-order chi connectivity index (χ0) is 11.7. The quantitative estimate of drug-likeness (QED) is 0.561. The van der Waals surface area contributed by atoms with Crippen molar-refractivity contribution in [2.75, 3.05) is 0 Å². The summed E-state index contributed by atoms with van der Waals surface area (Å²) in [6, 6.07) is 3.89. The second-order valence-corrected chi connectivity index (χ2v) is 4.02. The fourth-order valence-electron chi connectivity index (χ4n) is 1.73. The Labute approximate surface area is 96.2 Å². The molecule has 1 aliphatic heterocycles. The first kappa shape index (κ1) is 11.1. The van der Waals surface area contributed by atoms with Crippen molar-refractivity contribution in [3.8, 4) is 0 Å². The normalized spacial score (nSPS) is 17.4. The Morgan fingerprint density at radius 1 is 1.25 bits per heavy atom. The average molecular weight is 243 g/mol. The Morgan fingerprint density at radius 2 is 1.88 bits per heavy atom. The molecule has 0 radical (unpaired) electrons. The summed E-state index contributed by atoms with van der Waals surface area (Å²) in [6.45, 7) is 0. The third kappa shape index (κ3) is 2.22. The molecule has 5 heteroatoms. The minimum atomic E-state index is -0.596. The maximum absolute atomic E-state index is 13.0. The van der Waals surface area contributed by atoms with Crippen LogP contribution in [0.2, 0.25) is 5.02 Å². The molecule has 1 aromatic carbocycles. The molecule has 0 amide bonds. The smallest absolute Gasteiger partial charge is 0.314 e. The van der Waals surface area contributed by atoms with Crippen LogP contribution < -0.4 is 0 Å². The van der Waals surface area contributed by atoms with Crippen LogP contribution >= 0.6 is 11.6 Å². The van der Waals surface area contributed by atoms with Crippen molar-refractivity contribution in [1.82, 2.24) is 0 Å². The van der Waals surface area contributed by atoms with Gasteiger partial charge in [-0.2, -0.15) is 0 Å². The van der Waals surface area contributed by atoms with E-state index in [9.17, 15) is 14.0 Å². The Hall–Kier alpha value is -1.42. The number of rotatable bonds is 1. The summed E-state index contributed by atoms with van der Waals surface area (Å²) in [4.78, 5) is 22.1. The van der Waals surface area contributed by atoms with Crippen LogP contribution in [0.25, 0.3) is 0 Å². The number of cyclic esters (lactones) is 2. The first-order valence-electron chi connectivity index (χ1n) is 4.74. The molecule has 0 spiro atoms. The van der Waals surface area contributed by atoms with Gasteiger partial charge in [0.15, 0.2) is 0 Å². The Kier molecular flexibility index (Phi) is 2.92. The van der Waals surface area contributed by atoms with E-state index in [-0.39, 0.29) is 12.8 Å². The summed E-state index contributed by atoms with van der Waals surface area (Å²) >= 11 is 5.89. The summed E-state index contributed by atoms with van der Waals surface area (Å²) in [5.74, 6) is -2.02. The van der Waals surface area contributed by atoms with Crippen molar-refractivity contribution < 1.29 is 18.7 Å². The highest BCUT2D eigenvalue weighted by Crippen LogP contribution is 2.33. The van der Waals surface area contributed by atoms with E-state index in [1.54, 1.807) is 0 Å². The van der Waals surface area contributed by atoms with Gasteiger partial charge in [0.25, 0.3) is 0 Å². The molecule has 1 aliphatic rings. The lowest BCUT2D eigenvalue weighted by Gasteiger charge is -2.20. The molecule has 0 saturated carbocycles. The maximum Gasteiger partial charge on any atom is 0.314 e. The van der Waals surface area contributed by atoms with Crippen molar-refractivity contribution in [3.05, 3.63) is 34.6 Å². The van der Waals surface area contributed by atoms with Crippen LogP contribution in [0.5, 0.6) is 0 Å². The molecule has 1 saturated heterocycles. The average Bonchev–Trinajstić information content (AvgIpc) is 2.20. The molecule has 1 aromatic rings. The molecule has 0 unspecified atom stereocenters. The maximum atomic E-state index is 13.0. The topological polar surface area (TPSA) is 43.4 Å². The zero-order valence-corrected chi connectivity index (χ0v) is 8.96. The summed E-state index contributed by atoms with van der Waals surface area (Å²) < 4.78 is 17.4. The van der Waals surface area contributed by atoms with Gasteiger partial charge < -0.3 is 4.74 Å². The number of benzene rings is 1. The van der Waals surface area contributed by atoms with Crippen molar-refractivity contribution >= 4 is 23.5 Å². The summed E-state index contributed by atoms with van der Waals surface area (Å²) in [6.07, 6.45) is 0.101. The van der Waals surface area contributed by atoms with E-state index in [1.165, 1.54) is 18.2 Å². The van der Waals surface area contributed by atoms with Gasteiger partial charge in [-0.3, -0.25) is 9.59 Å². The number of ether oxygens (including phenoxy) is 1. The van der Waals surface area contributed by atoms with Crippen molar-refractivity contribution in [1.29, 1.82) is 0 Å². The monoisotopic (exact) mass is 242 g/mol. The Bertz CT molecular complexity index is 443. The molecule has 0 bridgehead atoms. The summed E-state index contributed by atoms with van der Waals surface area (Å²) in [5.41, 5.74) is 0.478. The lowest BCUT2D eigenvalue weighted by molar-refractivity contribution is -0.163. The second-order valence-electron chi connectivity index (χ2n) is 3.62. The zero-order valence-electron chi connectivity index (χ0n) is 8.20. The largest absolute Gasteiger partial charge is 0.393 e. The van der Waals surface area contributed by atoms with Gasteiger partial charge in [-0.25, -0.2) is 4.39 Å². The highest BCUT2D eigenvalue weighted by atomic mass is 35.5. The fraction of sp³-hybridized carbons (Fsp3) is 0.273. The van der Waals surface area contributed by atoms with Crippen molar-refractivity contribution in [2.45, 2.75) is 18.8 Å². The van der Waals surface area contributed by atoms with E-state index in [1.807, 2.05) is 0 Å². The molecule has 1 heterocycles. The molecule has 2 rings (SSSR count). The number of halogens is 2. The molecular weight excluding hydrogens is 235 g/mol.